The Kier molecular flexibility index (Phi) is 3.36. The molecule has 0 amide bonds. The average molecular weight is 212 g/mol. The Labute approximate surface area is 93.3 Å². The monoisotopic (exact) mass is 212 g/mol. The Hall–Kier alpha value is -0.0800. The first-order valence-electron chi connectivity index (χ1n) is 6.51. The first-order valence-corrected chi connectivity index (χ1v) is 6.51. The van der Waals surface area contributed by atoms with E-state index in [-0.39, 0.29) is 18.0 Å². The first kappa shape index (κ1) is 11.4. The van der Waals surface area contributed by atoms with Gasteiger partial charge in [0, 0.05) is 12.8 Å². The van der Waals surface area contributed by atoms with Crippen LogP contribution in [0.5, 0.6) is 0 Å². The van der Waals surface area contributed by atoms with Crippen LogP contribution >= 0.6 is 0 Å². The second-order valence-corrected chi connectivity index (χ2v) is 5.31. The molecule has 0 N–H and O–H groups in total. The number of hydrogen-bond donors (Lipinski definition) is 0. The molecule has 2 heteroatoms. The van der Waals surface area contributed by atoms with Crippen LogP contribution in [0.3, 0.4) is 0 Å². The van der Waals surface area contributed by atoms with E-state index in [1.165, 1.54) is 25.7 Å². The van der Waals surface area contributed by atoms with Gasteiger partial charge in [-0.2, -0.15) is 0 Å². The summed E-state index contributed by atoms with van der Waals surface area (Å²) >= 11 is 0. The lowest BCUT2D eigenvalue weighted by molar-refractivity contribution is -0.169. The summed E-state index contributed by atoms with van der Waals surface area (Å²) in [5.41, 5.74) is 0. The van der Waals surface area contributed by atoms with Gasteiger partial charge in [-0.1, -0.05) is 26.2 Å². The smallest absolute Gasteiger partial charge is 0.169 e. The van der Waals surface area contributed by atoms with Crippen LogP contribution in [0.1, 0.15) is 59.3 Å². The third kappa shape index (κ3) is 2.36. The highest BCUT2D eigenvalue weighted by Crippen LogP contribution is 2.45. The molecular weight excluding hydrogens is 188 g/mol. The van der Waals surface area contributed by atoms with Crippen LogP contribution in [-0.4, -0.2) is 18.0 Å². The van der Waals surface area contributed by atoms with Gasteiger partial charge in [0.15, 0.2) is 5.79 Å². The quantitative estimate of drug-likeness (QED) is 0.713. The SMILES string of the molecule is CCCCC1CCC2(C1)OC(C)C(C)O2. The average Bonchev–Trinajstić information content (AvgIpc) is 2.70. The molecule has 15 heavy (non-hydrogen) atoms. The zero-order chi connectivity index (χ0) is 10.9. The van der Waals surface area contributed by atoms with Crippen molar-refractivity contribution in [2.45, 2.75) is 77.3 Å². The second-order valence-electron chi connectivity index (χ2n) is 5.31. The van der Waals surface area contributed by atoms with Crippen LogP contribution in [-0.2, 0) is 9.47 Å². The van der Waals surface area contributed by atoms with Crippen molar-refractivity contribution in [3.63, 3.8) is 0 Å². The Morgan fingerprint density at radius 1 is 1.20 bits per heavy atom. The van der Waals surface area contributed by atoms with Gasteiger partial charge in [-0.05, 0) is 26.2 Å². The minimum absolute atomic E-state index is 0.197. The summed E-state index contributed by atoms with van der Waals surface area (Å²) in [6.45, 7) is 6.51. The molecule has 88 valence electrons. The van der Waals surface area contributed by atoms with E-state index >= 15 is 0 Å². The summed E-state index contributed by atoms with van der Waals surface area (Å²) in [6, 6.07) is 0. The lowest BCUT2D eigenvalue weighted by atomic mass is 10.0. The highest BCUT2D eigenvalue weighted by Gasteiger charge is 2.48. The van der Waals surface area contributed by atoms with E-state index in [1.807, 2.05) is 0 Å². The van der Waals surface area contributed by atoms with Crippen molar-refractivity contribution in [1.82, 2.24) is 0 Å². The third-order valence-electron chi connectivity index (χ3n) is 3.96. The summed E-state index contributed by atoms with van der Waals surface area (Å²) in [5, 5.41) is 0. The maximum atomic E-state index is 6.01. The fraction of sp³-hybridized carbons (Fsp3) is 1.00. The highest BCUT2D eigenvalue weighted by atomic mass is 16.8. The molecule has 1 saturated heterocycles. The van der Waals surface area contributed by atoms with Gasteiger partial charge in [0.25, 0.3) is 0 Å². The Balaban J connectivity index is 1.86. The van der Waals surface area contributed by atoms with Gasteiger partial charge in [-0.15, -0.1) is 0 Å². The molecule has 0 bridgehead atoms. The third-order valence-corrected chi connectivity index (χ3v) is 3.96. The van der Waals surface area contributed by atoms with Crippen LogP contribution in [0.4, 0.5) is 0 Å². The van der Waals surface area contributed by atoms with E-state index in [2.05, 4.69) is 20.8 Å². The van der Waals surface area contributed by atoms with Crippen molar-refractivity contribution in [3.05, 3.63) is 0 Å². The molecule has 0 aromatic rings. The largest absolute Gasteiger partial charge is 0.344 e. The maximum Gasteiger partial charge on any atom is 0.169 e. The summed E-state index contributed by atoms with van der Waals surface area (Å²) in [4.78, 5) is 0. The van der Waals surface area contributed by atoms with Gasteiger partial charge in [0.05, 0.1) is 12.2 Å². The van der Waals surface area contributed by atoms with Gasteiger partial charge in [0.2, 0.25) is 0 Å². The minimum Gasteiger partial charge on any atom is -0.344 e. The molecule has 2 rings (SSSR count). The number of unbranched alkanes of at least 4 members (excludes halogenated alkanes) is 1. The molecule has 0 aromatic heterocycles. The molecule has 3 atom stereocenters. The fourth-order valence-electron chi connectivity index (χ4n) is 2.92. The molecule has 2 aliphatic rings. The molecule has 0 aromatic carbocycles. The second kappa shape index (κ2) is 4.42. The molecule has 3 unspecified atom stereocenters. The molecule has 1 spiro atoms. The zero-order valence-electron chi connectivity index (χ0n) is 10.3. The first-order chi connectivity index (χ1) is 7.15. The van der Waals surface area contributed by atoms with E-state index in [9.17, 15) is 0 Å². The van der Waals surface area contributed by atoms with Crippen molar-refractivity contribution >= 4 is 0 Å². The van der Waals surface area contributed by atoms with Gasteiger partial charge in [-0.25, -0.2) is 0 Å². The van der Waals surface area contributed by atoms with Crippen LogP contribution < -0.4 is 0 Å². The van der Waals surface area contributed by atoms with Gasteiger partial charge in [0.1, 0.15) is 0 Å². The normalized spacial score (nSPS) is 45.4. The predicted molar refractivity (Wildman–Crippen MR) is 60.7 cm³/mol. The van der Waals surface area contributed by atoms with Crippen LogP contribution in [0, 0.1) is 5.92 Å². The van der Waals surface area contributed by atoms with Crippen molar-refractivity contribution in [3.8, 4) is 0 Å². The Morgan fingerprint density at radius 3 is 2.47 bits per heavy atom. The molecule has 2 nitrogen and oxygen atoms in total. The van der Waals surface area contributed by atoms with Crippen LogP contribution in [0.2, 0.25) is 0 Å². The zero-order valence-corrected chi connectivity index (χ0v) is 10.3. The predicted octanol–water partition coefficient (Wildman–Crippen LogP) is 3.50. The number of hydrogen-bond acceptors (Lipinski definition) is 2. The molecule has 1 heterocycles. The van der Waals surface area contributed by atoms with Crippen molar-refractivity contribution in [2.24, 2.45) is 5.92 Å². The molecule has 1 aliphatic heterocycles. The summed E-state index contributed by atoms with van der Waals surface area (Å²) in [6.07, 6.45) is 8.08. The lowest BCUT2D eigenvalue weighted by Crippen LogP contribution is -2.27. The van der Waals surface area contributed by atoms with Crippen molar-refractivity contribution in [2.75, 3.05) is 0 Å². The van der Waals surface area contributed by atoms with E-state index in [0.717, 1.165) is 18.8 Å². The van der Waals surface area contributed by atoms with Gasteiger partial charge in [-0.3, -0.25) is 0 Å². The van der Waals surface area contributed by atoms with E-state index in [0.29, 0.717) is 0 Å². The molecule has 1 aliphatic carbocycles. The van der Waals surface area contributed by atoms with E-state index in [1.54, 1.807) is 0 Å². The van der Waals surface area contributed by atoms with Crippen molar-refractivity contribution < 1.29 is 9.47 Å². The van der Waals surface area contributed by atoms with E-state index < -0.39 is 0 Å². The molecule has 2 fully saturated rings. The Bertz CT molecular complexity index is 205. The van der Waals surface area contributed by atoms with Crippen LogP contribution in [0.15, 0.2) is 0 Å². The molecule has 1 saturated carbocycles. The standard InChI is InChI=1S/C13H24O2/c1-4-5-6-12-7-8-13(9-12)14-10(2)11(3)15-13/h10-12H,4-9H2,1-3H3. The topological polar surface area (TPSA) is 18.5 Å². The van der Waals surface area contributed by atoms with Crippen LogP contribution in [0.25, 0.3) is 0 Å². The minimum atomic E-state index is -0.197. The number of ether oxygens (including phenoxy) is 2. The summed E-state index contributed by atoms with van der Waals surface area (Å²) in [5.74, 6) is 0.638. The summed E-state index contributed by atoms with van der Waals surface area (Å²) < 4.78 is 12.0. The number of rotatable bonds is 3. The maximum absolute atomic E-state index is 6.01. The van der Waals surface area contributed by atoms with E-state index in [4.69, 9.17) is 9.47 Å². The summed E-state index contributed by atoms with van der Waals surface area (Å²) in [7, 11) is 0. The van der Waals surface area contributed by atoms with Gasteiger partial charge < -0.3 is 9.47 Å². The molecule has 0 radical (unpaired) electrons. The van der Waals surface area contributed by atoms with Gasteiger partial charge >= 0.3 is 0 Å². The molecular formula is C13H24O2. The fourth-order valence-corrected chi connectivity index (χ4v) is 2.92. The Morgan fingerprint density at radius 2 is 1.87 bits per heavy atom. The highest BCUT2D eigenvalue weighted by molar-refractivity contribution is 4.89. The van der Waals surface area contributed by atoms with Crippen molar-refractivity contribution in [1.29, 1.82) is 0 Å². The lowest BCUT2D eigenvalue weighted by Gasteiger charge is -2.22.